The molecule has 1 aliphatic carbocycles. The van der Waals surface area contributed by atoms with E-state index in [4.69, 9.17) is 9.84 Å². The minimum Gasteiger partial charge on any atom is -0.481 e. The molecule has 3 heteroatoms. The molecule has 1 fully saturated rings. The van der Waals surface area contributed by atoms with E-state index in [1.807, 2.05) is 37.3 Å². The molecule has 0 aliphatic heterocycles. The molecule has 1 saturated carbocycles. The SMILES string of the molecule is COC1C(C(=O)O)C1(C)c1ccccc1. The van der Waals surface area contributed by atoms with Crippen molar-refractivity contribution in [2.24, 2.45) is 5.92 Å². The molecule has 3 unspecified atom stereocenters. The van der Waals surface area contributed by atoms with Gasteiger partial charge in [0, 0.05) is 12.5 Å². The Bertz CT molecular complexity index is 374. The molecule has 80 valence electrons. The minimum atomic E-state index is -0.784. The number of rotatable bonds is 3. The van der Waals surface area contributed by atoms with Crippen LogP contribution >= 0.6 is 0 Å². The first kappa shape index (κ1) is 10.2. The van der Waals surface area contributed by atoms with Gasteiger partial charge in [0.15, 0.2) is 0 Å². The van der Waals surface area contributed by atoms with Gasteiger partial charge in [-0.3, -0.25) is 4.79 Å². The number of aliphatic carboxylic acids is 1. The predicted molar refractivity (Wildman–Crippen MR) is 55.7 cm³/mol. The number of ether oxygens (including phenoxy) is 1. The quantitative estimate of drug-likeness (QED) is 0.818. The lowest BCUT2D eigenvalue weighted by atomic mass is 9.95. The molecule has 1 aliphatic rings. The molecule has 0 heterocycles. The van der Waals surface area contributed by atoms with Crippen LogP contribution in [0.15, 0.2) is 30.3 Å². The Hall–Kier alpha value is -1.35. The largest absolute Gasteiger partial charge is 0.481 e. The molecule has 0 saturated heterocycles. The predicted octanol–water partition coefficient (Wildman–Crippen LogP) is 1.67. The van der Waals surface area contributed by atoms with Crippen LogP contribution in [0.5, 0.6) is 0 Å². The lowest BCUT2D eigenvalue weighted by Crippen LogP contribution is -2.11. The number of carboxylic acids is 1. The molecule has 0 aromatic heterocycles. The minimum absolute atomic E-state index is 0.211. The van der Waals surface area contributed by atoms with Crippen LogP contribution in [0.3, 0.4) is 0 Å². The summed E-state index contributed by atoms with van der Waals surface area (Å²) < 4.78 is 5.22. The molecule has 3 atom stereocenters. The third kappa shape index (κ3) is 1.35. The van der Waals surface area contributed by atoms with Gasteiger partial charge in [-0.2, -0.15) is 0 Å². The highest BCUT2D eigenvalue weighted by Crippen LogP contribution is 2.55. The van der Waals surface area contributed by atoms with Crippen LogP contribution in [-0.4, -0.2) is 24.3 Å². The van der Waals surface area contributed by atoms with Gasteiger partial charge in [-0.25, -0.2) is 0 Å². The van der Waals surface area contributed by atoms with Crippen LogP contribution in [0.2, 0.25) is 0 Å². The van der Waals surface area contributed by atoms with Gasteiger partial charge in [0.2, 0.25) is 0 Å². The van der Waals surface area contributed by atoms with Gasteiger partial charge in [-0.15, -0.1) is 0 Å². The normalized spacial score (nSPS) is 33.7. The monoisotopic (exact) mass is 206 g/mol. The molecule has 3 nitrogen and oxygen atoms in total. The second kappa shape index (κ2) is 3.35. The van der Waals surface area contributed by atoms with E-state index in [0.29, 0.717) is 0 Å². The number of benzene rings is 1. The van der Waals surface area contributed by atoms with Crippen LogP contribution in [0.4, 0.5) is 0 Å². The van der Waals surface area contributed by atoms with Gasteiger partial charge in [-0.05, 0) is 5.56 Å². The fraction of sp³-hybridized carbons (Fsp3) is 0.417. The maximum atomic E-state index is 11.0. The highest BCUT2D eigenvalue weighted by molar-refractivity contribution is 5.79. The lowest BCUT2D eigenvalue weighted by Gasteiger charge is -2.10. The van der Waals surface area contributed by atoms with Crippen molar-refractivity contribution in [1.82, 2.24) is 0 Å². The van der Waals surface area contributed by atoms with Crippen molar-refractivity contribution in [2.75, 3.05) is 7.11 Å². The van der Waals surface area contributed by atoms with E-state index in [9.17, 15) is 4.79 Å². The summed E-state index contributed by atoms with van der Waals surface area (Å²) in [5.74, 6) is -1.21. The number of hydrogen-bond donors (Lipinski definition) is 1. The van der Waals surface area contributed by atoms with E-state index < -0.39 is 11.9 Å². The van der Waals surface area contributed by atoms with Crippen LogP contribution < -0.4 is 0 Å². The molecular formula is C12H14O3. The molecule has 0 radical (unpaired) electrons. The van der Waals surface area contributed by atoms with Gasteiger partial charge < -0.3 is 9.84 Å². The number of carboxylic acid groups (broad SMARTS) is 1. The van der Waals surface area contributed by atoms with Gasteiger partial charge in [-0.1, -0.05) is 37.3 Å². The molecule has 1 aromatic rings. The molecular weight excluding hydrogens is 192 g/mol. The van der Waals surface area contributed by atoms with E-state index >= 15 is 0 Å². The Kier molecular flexibility index (Phi) is 2.27. The first-order valence-electron chi connectivity index (χ1n) is 4.93. The van der Waals surface area contributed by atoms with E-state index in [1.165, 1.54) is 0 Å². The van der Waals surface area contributed by atoms with Crippen molar-refractivity contribution in [3.63, 3.8) is 0 Å². The molecule has 1 N–H and O–H groups in total. The highest BCUT2D eigenvalue weighted by atomic mass is 16.5. The average molecular weight is 206 g/mol. The van der Waals surface area contributed by atoms with Crippen molar-refractivity contribution in [2.45, 2.75) is 18.4 Å². The number of carbonyl (C=O) groups is 1. The summed E-state index contributed by atoms with van der Waals surface area (Å²) in [5.41, 5.74) is 0.659. The van der Waals surface area contributed by atoms with Crippen molar-refractivity contribution in [1.29, 1.82) is 0 Å². The van der Waals surface area contributed by atoms with E-state index in [0.717, 1.165) is 5.56 Å². The van der Waals surface area contributed by atoms with Gasteiger partial charge >= 0.3 is 5.97 Å². The first-order valence-corrected chi connectivity index (χ1v) is 4.93. The third-order valence-electron chi connectivity index (χ3n) is 3.35. The Balaban J connectivity index is 2.33. The summed E-state index contributed by atoms with van der Waals surface area (Å²) in [5, 5.41) is 9.07. The summed E-state index contributed by atoms with van der Waals surface area (Å²) >= 11 is 0. The molecule has 15 heavy (non-hydrogen) atoms. The Morgan fingerprint density at radius 3 is 2.40 bits per heavy atom. The standard InChI is InChI=1S/C12H14O3/c1-12(8-6-4-3-5-7-8)9(11(13)14)10(12)15-2/h3-7,9-10H,1-2H3,(H,13,14). The van der Waals surface area contributed by atoms with E-state index in [-0.39, 0.29) is 11.5 Å². The fourth-order valence-electron chi connectivity index (χ4n) is 2.38. The second-order valence-electron chi connectivity index (χ2n) is 4.12. The van der Waals surface area contributed by atoms with Crippen molar-refractivity contribution < 1.29 is 14.6 Å². The highest BCUT2D eigenvalue weighted by Gasteiger charge is 2.67. The summed E-state index contributed by atoms with van der Waals surface area (Å²) in [7, 11) is 1.56. The van der Waals surface area contributed by atoms with Crippen LogP contribution in [-0.2, 0) is 14.9 Å². The smallest absolute Gasteiger partial charge is 0.310 e. The van der Waals surface area contributed by atoms with Gasteiger partial charge in [0.25, 0.3) is 0 Å². The zero-order valence-electron chi connectivity index (χ0n) is 8.81. The Morgan fingerprint density at radius 1 is 1.40 bits per heavy atom. The van der Waals surface area contributed by atoms with Gasteiger partial charge in [0.05, 0.1) is 12.0 Å². The molecule has 2 rings (SSSR count). The van der Waals surface area contributed by atoms with Crippen LogP contribution in [0.25, 0.3) is 0 Å². The van der Waals surface area contributed by atoms with Crippen molar-refractivity contribution >= 4 is 5.97 Å². The van der Waals surface area contributed by atoms with Crippen molar-refractivity contribution in [3.8, 4) is 0 Å². The average Bonchev–Trinajstić information content (AvgIpc) is 2.87. The number of hydrogen-bond acceptors (Lipinski definition) is 2. The Labute approximate surface area is 88.7 Å². The van der Waals surface area contributed by atoms with Crippen LogP contribution in [0.1, 0.15) is 12.5 Å². The second-order valence-corrected chi connectivity index (χ2v) is 4.12. The van der Waals surface area contributed by atoms with Crippen LogP contribution in [0, 0.1) is 5.92 Å². The zero-order chi connectivity index (χ0) is 11.1. The van der Waals surface area contributed by atoms with E-state index in [1.54, 1.807) is 7.11 Å². The molecule has 0 bridgehead atoms. The summed E-state index contributed by atoms with van der Waals surface area (Å²) in [4.78, 5) is 11.0. The summed E-state index contributed by atoms with van der Waals surface area (Å²) in [6.45, 7) is 1.94. The topological polar surface area (TPSA) is 46.5 Å². The fourth-order valence-corrected chi connectivity index (χ4v) is 2.38. The zero-order valence-corrected chi connectivity index (χ0v) is 8.81. The van der Waals surface area contributed by atoms with Gasteiger partial charge in [0.1, 0.15) is 0 Å². The maximum absolute atomic E-state index is 11.0. The maximum Gasteiger partial charge on any atom is 0.310 e. The Morgan fingerprint density at radius 2 is 2.00 bits per heavy atom. The summed E-state index contributed by atoms with van der Waals surface area (Å²) in [6.07, 6.45) is -0.211. The third-order valence-corrected chi connectivity index (χ3v) is 3.35. The molecule has 1 aromatic carbocycles. The first-order chi connectivity index (χ1) is 7.12. The summed E-state index contributed by atoms with van der Waals surface area (Å²) in [6, 6.07) is 9.67. The number of methoxy groups -OCH3 is 1. The molecule has 0 amide bonds. The molecule has 0 spiro atoms. The van der Waals surface area contributed by atoms with Crippen molar-refractivity contribution in [3.05, 3.63) is 35.9 Å². The lowest BCUT2D eigenvalue weighted by molar-refractivity contribution is -0.139. The van der Waals surface area contributed by atoms with E-state index in [2.05, 4.69) is 0 Å².